The van der Waals surface area contributed by atoms with Gasteiger partial charge in [0.25, 0.3) is 0 Å². The lowest BCUT2D eigenvalue weighted by Gasteiger charge is -2.13. The molecule has 2 aromatic carbocycles. The van der Waals surface area contributed by atoms with E-state index in [0.717, 1.165) is 28.5 Å². The average molecular weight is 375 g/mol. The van der Waals surface area contributed by atoms with Gasteiger partial charge in [0.1, 0.15) is 5.75 Å². The number of carbonyl (C=O) groups is 2. The largest absolute Gasteiger partial charge is 0.497 e. The van der Waals surface area contributed by atoms with Gasteiger partial charge >= 0.3 is 5.97 Å². The molecule has 0 N–H and O–H groups in total. The topological polar surface area (TPSA) is 52.6 Å². The summed E-state index contributed by atoms with van der Waals surface area (Å²) < 4.78 is 10.6. The quantitative estimate of drug-likeness (QED) is 0.459. The van der Waals surface area contributed by atoms with Gasteiger partial charge in [-0.3, -0.25) is 9.59 Å². The summed E-state index contributed by atoms with van der Waals surface area (Å²) in [6.07, 6.45) is 2.17. The van der Waals surface area contributed by atoms with Gasteiger partial charge in [-0.2, -0.15) is 0 Å². The minimum Gasteiger partial charge on any atom is -0.497 e. The molecule has 5 heteroatoms. The summed E-state index contributed by atoms with van der Waals surface area (Å²) in [5.41, 5.74) is 0.931. The molecule has 1 atom stereocenters. The van der Waals surface area contributed by atoms with E-state index >= 15 is 0 Å². The van der Waals surface area contributed by atoms with Crippen molar-refractivity contribution in [1.29, 1.82) is 0 Å². The Morgan fingerprint density at radius 1 is 1.12 bits per heavy atom. The van der Waals surface area contributed by atoms with E-state index in [1.54, 1.807) is 7.11 Å². The van der Waals surface area contributed by atoms with E-state index in [1.807, 2.05) is 50.2 Å². The summed E-state index contributed by atoms with van der Waals surface area (Å²) in [7, 11) is 1.64. The lowest BCUT2D eigenvalue weighted by Crippen LogP contribution is -2.14. The molecule has 0 aliphatic carbocycles. The normalized spacial score (nSPS) is 12.0. The van der Waals surface area contributed by atoms with Crippen molar-refractivity contribution < 1.29 is 19.1 Å². The standard InChI is InChI=1S/C21H26O4S/c1-4-6-20(22)26-12-5-11-25-21(23)15(2)16-7-8-18-14-19(24-3)10-9-17(18)13-16/h7-10,13-15H,4-6,11-12H2,1-3H3. The lowest BCUT2D eigenvalue weighted by molar-refractivity contribution is -0.145. The van der Waals surface area contributed by atoms with Crippen molar-refractivity contribution in [2.75, 3.05) is 19.5 Å². The highest BCUT2D eigenvalue weighted by molar-refractivity contribution is 8.13. The van der Waals surface area contributed by atoms with E-state index in [-0.39, 0.29) is 17.0 Å². The molecule has 0 radical (unpaired) electrons. The van der Waals surface area contributed by atoms with Crippen LogP contribution in [0.4, 0.5) is 0 Å². The van der Waals surface area contributed by atoms with Crippen molar-refractivity contribution in [3.8, 4) is 5.75 Å². The highest BCUT2D eigenvalue weighted by atomic mass is 32.2. The zero-order valence-corrected chi connectivity index (χ0v) is 16.4. The molecule has 4 nitrogen and oxygen atoms in total. The second kappa shape index (κ2) is 10.2. The third-order valence-electron chi connectivity index (χ3n) is 4.18. The Bertz CT molecular complexity index is 757. The lowest BCUT2D eigenvalue weighted by atomic mass is 9.98. The van der Waals surface area contributed by atoms with Crippen molar-refractivity contribution in [3.63, 3.8) is 0 Å². The van der Waals surface area contributed by atoms with Crippen LogP contribution in [-0.4, -0.2) is 30.6 Å². The minimum atomic E-state index is -0.323. The molecule has 0 heterocycles. The maximum absolute atomic E-state index is 12.3. The van der Waals surface area contributed by atoms with Crippen LogP contribution in [0.2, 0.25) is 0 Å². The minimum absolute atomic E-state index is 0.208. The Balaban J connectivity index is 1.85. The fourth-order valence-electron chi connectivity index (χ4n) is 2.59. The van der Waals surface area contributed by atoms with Crippen molar-refractivity contribution in [1.82, 2.24) is 0 Å². The van der Waals surface area contributed by atoms with Crippen LogP contribution in [0.3, 0.4) is 0 Å². The van der Waals surface area contributed by atoms with Gasteiger partial charge < -0.3 is 9.47 Å². The Morgan fingerprint density at radius 2 is 1.85 bits per heavy atom. The number of fused-ring (bicyclic) bond motifs is 1. The van der Waals surface area contributed by atoms with Crippen molar-refractivity contribution in [2.24, 2.45) is 0 Å². The molecular formula is C21H26O4S. The Labute approximate surface area is 159 Å². The highest BCUT2D eigenvalue weighted by Gasteiger charge is 2.17. The van der Waals surface area contributed by atoms with Crippen LogP contribution in [-0.2, 0) is 14.3 Å². The fraction of sp³-hybridized carbons (Fsp3) is 0.429. The molecule has 2 rings (SSSR count). The van der Waals surface area contributed by atoms with E-state index in [4.69, 9.17) is 9.47 Å². The van der Waals surface area contributed by atoms with Gasteiger partial charge in [-0.15, -0.1) is 0 Å². The summed E-state index contributed by atoms with van der Waals surface area (Å²) in [4.78, 5) is 23.7. The van der Waals surface area contributed by atoms with E-state index in [2.05, 4.69) is 0 Å². The summed E-state index contributed by atoms with van der Waals surface area (Å²) in [6, 6.07) is 11.8. The van der Waals surface area contributed by atoms with Gasteiger partial charge in [-0.05, 0) is 48.2 Å². The molecule has 0 aliphatic rings. The third-order valence-corrected chi connectivity index (χ3v) is 5.19. The first-order valence-electron chi connectivity index (χ1n) is 8.95. The Hall–Kier alpha value is -2.01. The summed E-state index contributed by atoms with van der Waals surface area (Å²) in [6.45, 7) is 4.19. The van der Waals surface area contributed by atoms with E-state index in [1.165, 1.54) is 11.8 Å². The number of hydrogen-bond donors (Lipinski definition) is 0. The van der Waals surface area contributed by atoms with Crippen molar-refractivity contribution in [3.05, 3.63) is 42.0 Å². The first-order chi connectivity index (χ1) is 12.5. The van der Waals surface area contributed by atoms with E-state index in [0.29, 0.717) is 25.2 Å². The van der Waals surface area contributed by atoms with Crippen LogP contribution in [0.1, 0.15) is 44.6 Å². The second-order valence-corrected chi connectivity index (χ2v) is 7.34. The number of rotatable bonds is 9. The predicted molar refractivity (Wildman–Crippen MR) is 107 cm³/mol. The molecule has 0 aromatic heterocycles. The van der Waals surface area contributed by atoms with Crippen LogP contribution in [0.25, 0.3) is 10.8 Å². The van der Waals surface area contributed by atoms with Gasteiger partial charge in [-0.1, -0.05) is 43.0 Å². The Morgan fingerprint density at radius 3 is 2.58 bits per heavy atom. The maximum Gasteiger partial charge on any atom is 0.313 e. The number of carbonyl (C=O) groups excluding carboxylic acids is 2. The zero-order chi connectivity index (χ0) is 18.9. The molecule has 2 aromatic rings. The molecule has 0 fully saturated rings. The molecular weight excluding hydrogens is 348 g/mol. The van der Waals surface area contributed by atoms with Crippen molar-refractivity contribution >= 4 is 33.6 Å². The van der Waals surface area contributed by atoms with Crippen LogP contribution in [0.5, 0.6) is 5.75 Å². The van der Waals surface area contributed by atoms with Crippen LogP contribution >= 0.6 is 11.8 Å². The van der Waals surface area contributed by atoms with E-state index in [9.17, 15) is 9.59 Å². The molecule has 1 unspecified atom stereocenters. The zero-order valence-electron chi connectivity index (χ0n) is 15.6. The molecule has 0 amide bonds. The molecule has 0 spiro atoms. The SMILES string of the molecule is CCCC(=O)SCCCOC(=O)C(C)c1ccc2cc(OC)ccc2c1. The molecule has 0 aliphatic heterocycles. The fourth-order valence-corrected chi connectivity index (χ4v) is 3.43. The maximum atomic E-state index is 12.3. The van der Waals surface area contributed by atoms with Crippen LogP contribution in [0, 0.1) is 0 Å². The molecule has 26 heavy (non-hydrogen) atoms. The number of thioether (sulfide) groups is 1. The predicted octanol–water partition coefficient (Wildman–Crippen LogP) is 4.95. The molecule has 0 saturated carbocycles. The first kappa shape index (κ1) is 20.3. The van der Waals surface area contributed by atoms with Gasteiger partial charge in [0.2, 0.25) is 0 Å². The summed E-state index contributed by atoms with van der Waals surface area (Å²) >= 11 is 1.32. The van der Waals surface area contributed by atoms with Crippen LogP contribution in [0.15, 0.2) is 36.4 Å². The number of hydrogen-bond acceptors (Lipinski definition) is 5. The highest BCUT2D eigenvalue weighted by Crippen LogP contribution is 2.25. The van der Waals surface area contributed by atoms with Gasteiger partial charge in [-0.25, -0.2) is 0 Å². The van der Waals surface area contributed by atoms with Gasteiger partial charge in [0.05, 0.1) is 19.6 Å². The van der Waals surface area contributed by atoms with Crippen LogP contribution < -0.4 is 4.74 Å². The number of benzene rings is 2. The Kier molecular flexibility index (Phi) is 7.98. The third kappa shape index (κ3) is 5.77. The van der Waals surface area contributed by atoms with Gasteiger partial charge in [0.15, 0.2) is 5.12 Å². The molecule has 140 valence electrons. The number of ether oxygens (including phenoxy) is 2. The number of methoxy groups -OCH3 is 1. The second-order valence-electron chi connectivity index (χ2n) is 6.19. The monoisotopic (exact) mass is 374 g/mol. The summed E-state index contributed by atoms with van der Waals surface area (Å²) in [5.74, 6) is 0.949. The summed E-state index contributed by atoms with van der Waals surface area (Å²) in [5, 5.41) is 2.34. The first-order valence-corrected chi connectivity index (χ1v) is 9.93. The average Bonchev–Trinajstić information content (AvgIpc) is 2.66. The molecule has 0 saturated heterocycles. The number of esters is 1. The smallest absolute Gasteiger partial charge is 0.313 e. The van der Waals surface area contributed by atoms with Crippen molar-refractivity contribution in [2.45, 2.75) is 39.0 Å². The van der Waals surface area contributed by atoms with Gasteiger partial charge in [0, 0.05) is 12.2 Å². The van der Waals surface area contributed by atoms with E-state index < -0.39 is 0 Å². The molecule has 0 bridgehead atoms.